The minimum atomic E-state index is -0.877. The summed E-state index contributed by atoms with van der Waals surface area (Å²) in [5, 5.41) is 7.41. The average Bonchev–Trinajstić information content (AvgIpc) is 3.33. The monoisotopic (exact) mass is 523 g/mol. The van der Waals surface area contributed by atoms with Gasteiger partial charge in [-0.15, -0.1) is 0 Å². The van der Waals surface area contributed by atoms with Gasteiger partial charge in [0.2, 0.25) is 5.91 Å². The number of rotatable bonds is 7. The predicted molar refractivity (Wildman–Crippen MR) is 135 cm³/mol. The number of ether oxygens (including phenoxy) is 1. The highest BCUT2D eigenvalue weighted by molar-refractivity contribution is 6.00. The fraction of sp³-hybridized carbons (Fsp3) is 0.385. The van der Waals surface area contributed by atoms with Gasteiger partial charge in [0.1, 0.15) is 22.7 Å². The number of aromatic nitrogens is 4. The summed E-state index contributed by atoms with van der Waals surface area (Å²) in [4.78, 5) is 30.6. The molecule has 2 aromatic heterocycles. The molecule has 2 aliphatic rings. The van der Waals surface area contributed by atoms with Crippen LogP contribution in [-0.2, 0) is 9.53 Å². The molecule has 1 aromatic carbocycles. The van der Waals surface area contributed by atoms with E-state index in [0.29, 0.717) is 18.5 Å². The second-order valence-corrected chi connectivity index (χ2v) is 9.37. The fourth-order valence-corrected chi connectivity index (χ4v) is 5.04. The van der Waals surface area contributed by atoms with Crippen molar-refractivity contribution in [3.8, 4) is 11.8 Å². The van der Waals surface area contributed by atoms with E-state index < -0.39 is 23.1 Å². The van der Waals surface area contributed by atoms with Gasteiger partial charge in [0.25, 0.3) is 5.91 Å². The molecule has 198 valence electrons. The molecule has 0 radical (unpaired) electrons. The number of hydrogen-bond donors (Lipinski definition) is 2. The maximum absolute atomic E-state index is 15.2. The van der Waals surface area contributed by atoms with Crippen molar-refractivity contribution in [2.75, 3.05) is 32.6 Å². The number of amides is 2. The van der Waals surface area contributed by atoms with Gasteiger partial charge >= 0.3 is 0 Å². The van der Waals surface area contributed by atoms with Crippen LogP contribution in [0.4, 0.5) is 14.6 Å². The number of hydrogen-bond acceptors (Lipinski definition) is 6. The molecule has 1 aliphatic heterocycles. The van der Waals surface area contributed by atoms with Gasteiger partial charge in [-0.25, -0.2) is 18.4 Å². The molecule has 1 saturated carbocycles. The van der Waals surface area contributed by atoms with Crippen molar-refractivity contribution in [2.24, 2.45) is 5.73 Å². The summed E-state index contributed by atoms with van der Waals surface area (Å²) < 4.78 is 38.8. The SMILES string of the molecule is C=CC(=O)N1CC(n2nc(C#Cc3c(F)cc4c(ncn4C4CC4)c3F)c(C(N)=O)c2NC)CC1COC. The second-order valence-electron chi connectivity index (χ2n) is 9.37. The third kappa shape index (κ3) is 4.28. The normalized spacial score (nSPS) is 18.9. The summed E-state index contributed by atoms with van der Waals surface area (Å²) in [6.45, 7) is 4.14. The highest BCUT2D eigenvalue weighted by Crippen LogP contribution is 2.38. The van der Waals surface area contributed by atoms with Crippen molar-refractivity contribution in [1.82, 2.24) is 24.2 Å². The van der Waals surface area contributed by atoms with Crippen LogP contribution < -0.4 is 11.1 Å². The van der Waals surface area contributed by atoms with E-state index in [1.807, 2.05) is 0 Å². The molecule has 0 spiro atoms. The Kier molecular flexibility index (Phi) is 6.62. The van der Waals surface area contributed by atoms with E-state index in [0.717, 1.165) is 12.8 Å². The van der Waals surface area contributed by atoms with E-state index in [4.69, 9.17) is 10.5 Å². The summed E-state index contributed by atoms with van der Waals surface area (Å²) in [6.07, 6.45) is 5.10. The summed E-state index contributed by atoms with van der Waals surface area (Å²) in [7, 11) is 3.14. The van der Waals surface area contributed by atoms with Crippen LogP contribution in [0.3, 0.4) is 0 Å². The molecule has 38 heavy (non-hydrogen) atoms. The first kappa shape index (κ1) is 25.4. The number of halogens is 2. The van der Waals surface area contributed by atoms with Crippen molar-refractivity contribution in [1.29, 1.82) is 0 Å². The highest BCUT2D eigenvalue weighted by Gasteiger charge is 2.38. The number of primary amides is 1. The number of likely N-dealkylation sites (tertiary alicyclic amines) is 1. The number of imidazole rings is 1. The van der Waals surface area contributed by atoms with Crippen LogP contribution in [0.1, 0.15) is 53.0 Å². The molecule has 2 amide bonds. The van der Waals surface area contributed by atoms with Crippen molar-refractivity contribution in [3.05, 3.63) is 53.5 Å². The van der Waals surface area contributed by atoms with Crippen molar-refractivity contribution in [2.45, 2.75) is 37.4 Å². The van der Waals surface area contributed by atoms with Gasteiger partial charge in [-0.2, -0.15) is 5.10 Å². The minimum Gasteiger partial charge on any atom is -0.383 e. The Hall–Kier alpha value is -4.24. The van der Waals surface area contributed by atoms with Gasteiger partial charge in [0.05, 0.1) is 36.1 Å². The number of benzene rings is 1. The molecule has 5 rings (SSSR count). The maximum atomic E-state index is 15.2. The molecule has 2 atom stereocenters. The predicted octanol–water partition coefficient (Wildman–Crippen LogP) is 2.36. The Labute approximate surface area is 217 Å². The first-order chi connectivity index (χ1) is 18.3. The quantitative estimate of drug-likeness (QED) is 0.362. The maximum Gasteiger partial charge on any atom is 0.255 e. The minimum absolute atomic E-state index is 0.0169. The molecule has 3 aromatic rings. The molecule has 12 heteroatoms. The van der Waals surface area contributed by atoms with Crippen LogP contribution in [0.15, 0.2) is 25.0 Å². The van der Waals surface area contributed by atoms with Gasteiger partial charge < -0.3 is 25.3 Å². The molecule has 2 fully saturated rings. The molecular weight excluding hydrogens is 496 g/mol. The van der Waals surface area contributed by atoms with Gasteiger partial charge in [-0.05, 0) is 31.3 Å². The lowest BCUT2D eigenvalue weighted by molar-refractivity contribution is -0.127. The van der Waals surface area contributed by atoms with Crippen LogP contribution in [0, 0.1) is 23.5 Å². The largest absolute Gasteiger partial charge is 0.383 e. The van der Waals surface area contributed by atoms with Crippen molar-refractivity contribution in [3.63, 3.8) is 0 Å². The Morgan fingerprint density at radius 2 is 2.08 bits per heavy atom. The van der Waals surface area contributed by atoms with Gasteiger partial charge in [-0.1, -0.05) is 12.5 Å². The molecule has 1 saturated heterocycles. The number of fused-ring (bicyclic) bond motifs is 1. The van der Waals surface area contributed by atoms with E-state index in [-0.39, 0.29) is 53.2 Å². The number of methoxy groups -OCH3 is 1. The van der Waals surface area contributed by atoms with Crippen LogP contribution in [-0.4, -0.2) is 69.4 Å². The molecule has 3 N–H and O–H groups in total. The smallest absolute Gasteiger partial charge is 0.255 e. The van der Waals surface area contributed by atoms with E-state index in [1.165, 1.54) is 23.2 Å². The molecule has 1 aliphatic carbocycles. The fourth-order valence-electron chi connectivity index (χ4n) is 5.04. The van der Waals surface area contributed by atoms with Crippen LogP contribution >= 0.6 is 0 Å². The van der Waals surface area contributed by atoms with Gasteiger partial charge in [0, 0.05) is 32.8 Å². The molecule has 0 bridgehead atoms. The Morgan fingerprint density at radius 3 is 2.71 bits per heavy atom. The van der Waals surface area contributed by atoms with Crippen molar-refractivity contribution >= 4 is 28.7 Å². The third-order valence-corrected chi connectivity index (χ3v) is 6.96. The van der Waals surface area contributed by atoms with Gasteiger partial charge in [0.15, 0.2) is 11.5 Å². The van der Waals surface area contributed by atoms with E-state index >= 15 is 4.39 Å². The summed E-state index contributed by atoms with van der Waals surface area (Å²) in [5.41, 5.74) is 5.53. The standard InChI is InChI=1S/C26H27F2N7O3/c1-4-21(36)33-11-15(9-16(33)12-38-3)35-26(30-2)22(25(29)37)19(32-35)8-7-17-18(27)10-20-24(23(17)28)31-13-34(20)14-5-6-14/h4,10,13-16,30H,1,5-6,9,11-12H2,2-3H3,(H2,29,37). The molecule has 3 heterocycles. The Bertz CT molecular complexity index is 1510. The average molecular weight is 524 g/mol. The highest BCUT2D eigenvalue weighted by atomic mass is 19.1. The number of nitrogens with two attached hydrogens (primary N) is 1. The summed E-state index contributed by atoms with van der Waals surface area (Å²) in [6, 6.07) is 0.849. The number of nitrogens with zero attached hydrogens (tertiary/aromatic N) is 5. The molecule has 10 nitrogen and oxygen atoms in total. The van der Waals surface area contributed by atoms with Crippen LogP contribution in [0.2, 0.25) is 0 Å². The molecular formula is C26H27F2N7O3. The van der Waals surface area contributed by atoms with E-state index in [2.05, 4.69) is 33.8 Å². The first-order valence-electron chi connectivity index (χ1n) is 12.2. The zero-order chi connectivity index (χ0) is 27.1. The zero-order valence-electron chi connectivity index (χ0n) is 21.0. The third-order valence-electron chi connectivity index (χ3n) is 6.96. The number of carbonyl (C=O) groups excluding carboxylic acids is 2. The number of carbonyl (C=O) groups is 2. The lowest BCUT2D eigenvalue weighted by atomic mass is 10.1. The Balaban J connectivity index is 1.55. The topological polar surface area (TPSA) is 120 Å². The van der Waals surface area contributed by atoms with Crippen molar-refractivity contribution < 1.29 is 23.1 Å². The number of anilines is 1. The zero-order valence-corrected chi connectivity index (χ0v) is 21.0. The van der Waals surface area contributed by atoms with Crippen LogP contribution in [0.5, 0.6) is 0 Å². The first-order valence-corrected chi connectivity index (χ1v) is 12.2. The summed E-state index contributed by atoms with van der Waals surface area (Å²) >= 11 is 0. The lowest BCUT2D eigenvalue weighted by Gasteiger charge is -2.22. The molecule has 2 unspecified atom stereocenters. The van der Waals surface area contributed by atoms with E-state index in [9.17, 15) is 14.0 Å². The summed E-state index contributed by atoms with van der Waals surface area (Å²) in [5.74, 6) is 2.65. The Morgan fingerprint density at radius 1 is 1.32 bits per heavy atom. The number of nitrogens with one attached hydrogen (secondary N) is 1. The lowest BCUT2D eigenvalue weighted by Crippen LogP contribution is -2.37. The van der Waals surface area contributed by atoms with E-state index in [1.54, 1.807) is 23.6 Å². The van der Waals surface area contributed by atoms with Crippen LogP contribution in [0.25, 0.3) is 11.0 Å². The van der Waals surface area contributed by atoms with Gasteiger partial charge in [-0.3, -0.25) is 9.59 Å². The second kappa shape index (κ2) is 9.90.